The molecule has 5 heteroatoms. The van der Waals surface area contributed by atoms with Gasteiger partial charge in [-0.2, -0.15) is 0 Å². The minimum absolute atomic E-state index is 0.0186. The predicted octanol–water partition coefficient (Wildman–Crippen LogP) is 2.88. The van der Waals surface area contributed by atoms with Crippen LogP contribution in [0, 0.1) is 12.8 Å². The number of pyridine rings is 1. The molecule has 122 valence electrons. The van der Waals surface area contributed by atoms with Gasteiger partial charge in [0.2, 0.25) is 0 Å². The highest BCUT2D eigenvalue weighted by Gasteiger charge is 2.27. The van der Waals surface area contributed by atoms with E-state index in [-0.39, 0.29) is 12.0 Å². The van der Waals surface area contributed by atoms with Crippen LogP contribution < -0.4 is 0 Å². The van der Waals surface area contributed by atoms with Crippen molar-refractivity contribution in [3.63, 3.8) is 0 Å². The van der Waals surface area contributed by atoms with Gasteiger partial charge in [-0.05, 0) is 56.9 Å². The summed E-state index contributed by atoms with van der Waals surface area (Å²) in [4.78, 5) is 19.0. The number of rotatable bonds is 3. The number of amides is 1. The Morgan fingerprint density at radius 3 is 2.65 bits per heavy atom. The molecule has 1 fully saturated rings. The van der Waals surface area contributed by atoms with E-state index < -0.39 is 0 Å². The summed E-state index contributed by atoms with van der Waals surface area (Å²) in [5, 5.41) is 9.66. The van der Waals surface area contributed by atoms with Crippen LogP contribution in [0.1, 0.15) is 35.8 Å². The van der Waals surface area contributed by atoms with Gasteiger partial charge in [-0.1, -0.05) is 0 Å². The van der Waals surface area contributed by atoms with Crippen molar-refractivity contribution in [2.75, 3.05) is 13.1 Å². The lowest BCUT2D eigenvalue weighted by molar-refractivity contribution is 0.0520. The molecule has 2 aromatic rings. The predicted molar refractivity (Wildman–Crippen MR) is 87.0 cm³/mol. The van der Waals surface area contributed by atoms with Gasteiger partial charge < -0.3 is 14.4 Å². The maximum absolute atomic E-state index is 12.7. The Balaban J connectivity index is 1.73. The van der Waals surface area contributed by atoms with Crippen molar-refractivity contribution in [1.82, 2.24) is 9.88 Å². The first kappa shape index (κ1) is 15.7. The number of aromatic nitrogens is 1. The molecule has 2 aromatic heterocycles. The molecule has 1 N–H and O–H groups in total. The number of carbonyl (C=O) groups excluding carboxylic acids is 1. The lowest BCUT2D eigenvalue weighted by Gasteiger charge is -2.33. The quantitative estimate of drug-likeness (QED) is 0.946. The van der Waals surface area contributed by atoms with Gasteiger partial charge in [-0.25, -0.2) is 4.98 Å². The van der Waals surface area contributed by atoms with E-state index in [1.54, 1.807) is 6.26 Å². The molecular formula is C18H22N2O3. The highest BCUT2D eigenvalue weighted by Crippen LogP contribution is 2.24. The molecule has 0 aliphatic carbocycles. The molecule has 0 aromatic carbocycles. The lowest BCUT2D eigenvalue weighted by atomic mass is 9.92. The van der Waals surface area contributed by atoms with Crippen LogP contribution in [0.15, 0.2) is 34.9 Å². The fourth-order valence-electron chi connectivity index (χ4n) is 3.10. The lowest BCUT2D eigenvalue weighted by Crippen LogP contribution is -2.41. The molecular weight excluding hydrogens is 292 g/mol. The summed E-state index contributed by atoms with van der Waals surface area (Å²) in [5.74, 6) is 1.01. The van der Waals surface area contributed by atoms with Crippen LogP contribution in [0.3, 0.4) is 0 Å². The van der Waals surface area contributed by atoms with E-state index in [2.05, 4.69) is 4.98 Å². The van der Waals surface area contributed by atoms with Crippen LogP contribution in [0.5, 0.6) is 0 Å². The van der Waals surface area contributed by atoms with Crippen LogP contribution in [-0.2, 0) is 0 Å². The molecule has 1 atom stereocenters. The monoisotopic (exact) mass is 314 g/mol. The van der Waals surface area contributed by atoms with E-state index in [4.69, 9.17) is 4.42 Å². The normalized spacial score (nSPS) is 17.3. The molecule has 0 bridgehead atoms. The van der Waals surface area contributed by atoms with Gasteiger partial charge in [-0.15, -0.1) is 0 Å². The first-order valence-corrected chi connectivity index (χ1v) is 8.05. The van der Waals surface area contributed by atoms with Gasteiger partial charge in [0.25, 0.3) is 5.91 Å². The highest BCUT2D eigenvalue weighted by atomic mass is 16.3. The van der Waals surface area contributed by atoms with E-state index in [0.29, 0.717) is 36.0 Å². The number of aliphatic hydroxyl groups is 1. The summed E-state index contributed by atoms with van der Waals surface area (Å²) in [7, 11) is 0. The van der Waals surface area contributed by atoms with Gasteiger partial charge in [0, 0.05) is 13.1 Å². The van der Waals surface area contributed by atoms with Gasteiger partial charge in [0.05, 0.1) is 23.6 Å². The first-order valence-electron chi connectivity index (χ1n) is 8.05. The van der Waals surface area contributed by atoms with E-state index in [1.165, 1.54) is 0 Å². The van der Waals surface area contributed by atoms with E-state index in [1.807, 2.05) is 43.0 Å². The minimum Gasteiger partial charge on any atom is -0.463 e. The van der Waals surface area contributed by atoms with Gasteiger partial charge in [-0.3, -0.25) is 4.79 Å². The third-order valence-corrected chi connectivity index (χ3v) is 4.60. The third kappa shape index (κ3) is 3.29. The van der Waals surface area contributed by atoms with Crippen LogP contribution in [0.2, 0.25) is 0 Å². The number of piperidine rings is 1. The fourth-order valence-corrected chi connectivity index (χ4v) is 3.10. The third-order valence-electron chi connectivity index (χ3n) is 4.60. The summed E-state index contributed by atoms with van der Waals surface area (Å²) in [6.07, 6.45) is 3.00. The topological polar surface area (TPSA) is 66.6 Å². The zero-order valence-corrected chi connectivity index (χ0v) is 13.5. The minimum atomic E-state index is -0.303. The van der Waals surface area contributed by atoms with Crippen molar-refractivity contribution in [3.8, 4) is 11.5 Å². The number of likely N-dealkylation sites (tertiary alicyclic amines) is 1. The summed E-state index contributed by atoms with van der Waals surface area (Å²) >= 11 is 0. The molecule has 1 aliphatic heterocycles. The largest absolute Gasteiger partial charge is 0.463 e. The summed E-state index contributed by atoms with van der Waals surface area (Å²) in [5.41, 5.74) is 2.08. The van der Waals surface area contributed by atoms with Crippen molar-refractivity contribution in [1.29, 1.82) is 0 Å². The van der Waals surface area contributed by atoms with Crippen molar-refractivity contribution >= 4 is 5.91 Å². The van der Waals surface area contributed by atoms with Crippen LogP contribution in [-0.4, -0.2) is 40.1 Å². The van der Waals surface area contributed by atoms with Crippen LogP contribution in [0.25, 0.3) is 11.5 Å². The van der Waals surface area contributed by atoms with Crippen molar-refractivity contribution in [2.45, 2.75) is 32.8 Å². The zero-order chi connectivity index (χ0) is 16.4. The first-order chi connectivity index (χ1) is 11.1. The standard InChI is InChI=1S/C18H22N2O3/c1-12-15(5-6-16(19-12)17-4-3-11-23-17)18(22)20-9-7-14(8-10-20)13(2)21/h3-6,11,13-14,21H,7-10H2,1-2H3. The molecule has 0 saturated carbocycles. The summed E-state index contributed by atoms with van der Waals surface area (Å²) in [6.45, 7) is 5.05. The number of aryl methyl sites for hydroxylation is 1. The average molecular weight is 314 g/mol. The molecule has 1 amide bonds. The fraction of sp³-hybridized carbons (Fsp3) is 0.444. The van der Waals surface area contributed by atoms with E-state index in [0.717, 1.165) is 18.5 Å². The second kappa shape index (κ2) is 6.54. The van der Waals surface area contributed by atoms with E-state index in [9.17, 15) is 9.90 Å². The van der Waals surface area contributed by atoms with Crippen molar-refractivity contribution in [2.24, 2.45) is 5.92 Å². The zero-order valence-electron chi connectivity index (χ0n) is 13.5. The Morgan fingerprint density at radius 1 is 1.35 bits per heavy atom. The SMILES string of the molecule is Cc1nc(-c2ccco2)ccc1C(=O)N1CCC(C(C)O)CC1. The number of carbonyl (C=O) groups is 1. The molecule has 23 heavy (non-hydrogen) atoms. The number of nitrogens with zero attached hydrogens (tertiary/aromatic N) is 2. The number of aliphatic hydroxyl groups excluding tert-OH is 1. The average Bonchev–Trinajstić information content (AvgIpc) is 3.08. The molecule has 0 spiro atoms. The second-order valence-corrected chi connectivity index (χ2v) is 6.18. The Kier molecular flexibility index (Phi) is 4.48. The second-order valence-electron chi connectivity index (χ2n) is 6.18. The molecule has 3 heterocycles. The summed E-state index contributed by atoms with van der Waals surface area (Å²) < 4.78 is 5.34. The van der Waals surface area contributed by atoms with Gasteiger partial charge in [0.15, 0.2) is 5.76 Å². The molecule has 1 unspecified atom stereocenters. The van der Waals surface area contributed by atoms with Crippen LogP contribution in [0.4, 0.5) is 0 Å². The van der Waals surface area contributed by atoms with Gasteiger partial charge >= 0.3 is 0 Å². The maximum atomic E-state index is 12.7. The maximum Gasteiger partial charge on any atom is 0.255 e. The number of furan rings is 1. The molecule has 1 saturated heterocycles. The molecule has 5 nitrogen and oxygen atoms in total. The van der Waals surface area contributed by atoms with Crippen LogP contribution >= 0.6 is 0 Å². The number of hydrogen-bond acceptors (Lipinski definition) is 4. The smallest absolute Gasteiger partial charge is 0.255 e. The van der Waals surface area contributed by atoms with E-state index >= 15 is 0 Å². The molecule has 1 aliphatic rings. The Bertz CT molecular complexity index is 672. The Hall–Kier alpha value is -2.14. The molecule has 3 rings (SSSR count). The van der Waals surface area contributed by atoms with Crippen molar-refractivity contribution in [3.05, 3.63) is 41.8 Å². The highest BCUT2D eigenvalue weighted by molar-refractivity contribution is 5.95. The molecule has 0 radical (unpaired) electrons. The summed E-state index contributed by atoms with van der Waals surface area (Å²) in [6, 6.07) is 7.31. The van der Waals surface area contributed by atoms with Crippen molar-refractivity contribution < 1.29 is 14.3 Å². The Labute approximate surface area is 135 Å². The Morgan fingerprint density at radius 2 is 2.09 bits per heavy atom. The number of hydrogen-bond donors (Lipinski definition) is 1. The van der Waals surface area contributed by atoms with Gasteiger partial charge in [0.1, 0.15) is 5.69 Å².